The van der Waals surface area contributed by atoms with Crippen molar-refractivity contribution < 1.29 is 18.3 Å². The molecule has 1 aromatic rings. The van der Waals surface area contributed by atoms with E-state index in [1.54, 1.807) is 18.2 Å². The van der Waals surface area contributed by atoms with Crippen LogP contribution < -0.4 is 0 Å². The Hall–Kier alpha value is -1.71. The van der Waals surface area contributed by atoms with Gasteiger partial charge in [0.2, 0.25) is 0 Å². The van der Waals surface area contributed by atoms with E-state index in [1.807, 2.05) is 6.92 Å². The van der Waals surface area contributed by atoms with E-state index in [0.717, 1.165) is 19.1 Å². The summed E-state index contributed by atoms with van der Waals surface area (Å²) in [5.74, 6) is -3.16. The molecule has 2 nitrogen and oxygen atoms in total. The number of allylic oxidation sites excluding steroid dienone is 1. The fraction of sp³-hybridized carbons (Fsp3) is 0.400. The Morgan fingerprint density at radius 1 is 1.32 bits per heavy atom. The van der Waals surface area contributed by atoms with E-state index in [1.165, 1.54) is 18.2 Å². The van der Waals surface area contributed by atoms with E-state index in [-0.39, 0.29) is 11.3 Å². The summed E-state index contributed by atoms with van der Waals surface area (Å²) in [6.45, 7) is 1.21. The van der Waals surface area contributed by atoms with Crippen molar-refractivity contribution in [2.24, 2.45) is 0 Å². The number of benzene rings is 1. The van der Waals surface area contributed by atoms with Crippen molar-refractivity contribution in [3.05, 3.63) is 48.2 Å². The first-order valence-electron chi connectivity index (χ1n) is 6.30. The molecule has 0 radical (unpaired) electrons. The predicted octanol–water partition coefficient (Wildman–Crippen LogP) is 4.07. The lowest BCUT2D eigenvalue weighted by atomic mass is 10.1. The number of halogens is 2. The van der Waals surface area contributed by atoms with Gasteiger partial charge in [-0.05, 0) is 6.42 Å². The van der Waals surface area contributed by atoms with Gasteiger partial charge in [0.25, 0.3) is 0 Å². The van der Waals surface area contributed by atoms with Gasteiger partial charge in [-0.15, -0.1) is 0 Å². The van der Waals surface area contributed by atoms with Gasteiger partial charge in [-0.1, -0.05) is 43.7 Å². The van der Waals surface area contributed by atoms with Crippen molar-refractivity contribution in [2.75, 3.05) is 6.61 Å². The maximum absolute atomic E-state index is 13.6. The van der Waals surface area contributed by atoms with Crippen LogP contribution in [-0.4, -0.2) is 12.4 Å². The van der Waals surface area contributed by atoms with Gasteiger partial charge >= 0.3 is 5.92 Å². The summed E-state index contributed by atoms with van der Waals surface area (Å²) in [5.41, 5.74) is -0.0966. The van der Waals surface area contributed by atoms with Crippen LogP contribution in [-0.2, 0) is 15.5 Å². The fourth-order valence-electron chi connectivity index (χ4n) is 1.48. The number of hydrogen-bond donors (Lipinski definition) is 0. The van der Waals surface area contributed by atoms with Crippen molar-refractivity contribution in [3.8, 4) is 0 Å². The van der Waals surface area contributed by atoms with Crippen molar-refractivity contribution in [3.63, 3.8) is 0 Å². The van der Waals surface area contributed by atoms with E-state index in [0.29, 0.717) is 6.42 Å². The Morgan fingerprint density at radius 3 is 2.63 bits per heavy atom. The van der Waals surface area contributed by atoms with Crippen LogP contribution in [0.3, 0.4) is 0 Å². The maximum Gasteiger partial charge on any atom is 0.306 e. The van der Waals surface area contributed by atoms with Crippen LogP contribution in [0.2, 0.25) is 0 Å². The molecule has 0 aromatic heterocycles. The van der Waals surface area contributed by atoms with Crippen LogP contribution in [0.4, 0.5) is 8.78 Å². The lowest BCUT2D eigenvalue weighted by Crippen LogP contribution is -2.19. The van der Waals surface area contributed by atoms with Gasteiger partial charge in [-0.2, -0.15) is 8.78 Å². The van der Waals surface area contributed by atoms with Gasteiger partial charge in [-0.3, -0.25) is 4.79 Å². The highest BCUT2D eigenvalue weighted by molar-refractivity contribution is 5.89. The third kappa shape index (κ3) is 5.64. The molecule has 104 valence electrons. The minimum Gasteiger partial charge on any atom is -0.494 e. The monoisotopic (exact) mass is 268 g/mol. The smallest absolute Gasteiger partial charge is 0.306 e. The number of carbonyl (C=O) groups is 1. The maximum atomic E-state index is 13.6. The molecule has 0 amide bonds. The molecule has 0 unspecified atom stereocenters. The Kier molecular flexibility index (Phi) is 6.19. The van der Waals surface area contributed by atoms with E-state index >= 15 is 0 Å². The number of unbranched alkanes of at least 4 members (excludes halogenated alkanes) is 1. The van der Waals surface area contributed by atoms with Crippen LogP contribution >= 0.6 is 0 Å². The molecule has 4 heteroatoms. The lowest BCUT2D eigenvalue weighted by Gasteiger charge is -2.15. The second-order valence-electron chi connectivity index (χ2n) is 4.25. The lowest BCUT2D eigenvalue weighted by molar-refractivity contribution is -0.115. The fourth-order valence-corrected chi connectivity index (χ4v) is 1.48. The molecule has 0 atom stereocenters. The number of carbonyl (C=O) groups excluding carboxylic acids is 1. The molecule has 0 saturated heterocycles. The van der Waals surface area contributed by atoms with Gasteiger partial charge in [0.15, 0.2) is 12.4 Å². The van der Waals surface area contributed by atoms with Crippen molar-refractivity contribution >= 4 is 5.78 Å². The largest absolute Gasteiger partial charge is 0.494 e. The SMILES string of the molecule is CCCCC(=O)C=COCC(F)(F)c1ccccc1. The summed E-state index contributed by atoms with van der Waals surface area (Å²) >= 11 is 0. The molecule has 0 spiro atoms. The van der Waals surface area contributed by atoms with Crippen LogP contribution in [0.1, 0.15) is 31.7 Å². The molecule has 0 N–H and O–H groups in total. The van der Waals surface area contributed by atoms with Gasteiger partial charge in [-0.25, -0.2) is 0 Å². The number of ketones is 1. The summed E-state index contributed by atoms with van der Waals surface area (Å²) in [6.07, 6.45) is 4.40. The van der Waals surface area contributed by atoms with Crippen molar-refractivity contribution in [2.45, 2.75) is 32.1 Å². The van der Waals surface area contributed by atoms with E-state index in [9.17, 15) is 13.6 Å². The van der Waals surface area contributed by atoms with Gasteiger partial charge < -0.3 is 4.74 Å². The average molecular weight is 268 g/mol. The molecule has 0 fully saturated rings. The van der Waals surface area contributed by atoms with E-state index in [2.05, 4.69) is 0 Å². The molecule has 0 aliphatic carbocycles. The molecule has 0 aliphatic heterocycles. The first kappa shape index (κ1) is 15.3. The third-order valence-corrected chi connectivity index (χ3v) is 2.59. The van der Waals surface area contributed by atoms with Crippen LogP contribution in [0.15, 0.2) is 42.7 Å². The first-order chi connectivity index (χ1) is 9.06. The van der Waals surface area contributed by atoms with Crippen LogP contribution in [0.25, 0.3) is 0 Å². The van der Waals surface area contributed by atoms with Crippen molar-refractivity contribution in [1.29, 1.82) is 0 Å². The minimum absolute atomic E-state index is 0.0966. The third-order valence-electron chi connectivity index (χ3n) is 2.59. The Balaban J connectivity index is 2.40. The highest BCUT2D eigenvalue weighted by Crippen LogP contribution is 2.27. The second-order valence-corrected chi connectivity index (χ2v) is 4.25. The zero-order valence-electron chi connectivity index (χ0n) is 10.9. The van der Waals surface area contributed by atoms with Gasteiger partial charge in [0.1, 0.15) is 0 Å². The number of rotatable bonds is 8. The van der Waals surface area contributed by atoms with Crippen molar-refractivity contribution in [1.82, 2.24) is 0 Å². The molecule has 1 aromatic carbocycles. The van der Waals surface area contributed by atoms with Crippen LogP contribution in [0, 0.1) is 0 Å². The Morgan fingerprint density at radius 2 is 2.00 bits per heavy atom. The van der Waals surface area contributed by atoms with E-state index < -0.39 is 12.5 Å². The molecule has 19 heavy (non-hydrogen) atoms. The first-order valence-corrected chi connectivity index (χ1v) is 6.30. The number of ether oxygens (including phenoxy) is 1. The Bertz CT molecular complexity index is 413. The molecule has 0 aliphatic rings. The summed E-state index contributed by atoms with van der Waals surface area (Å²) in [5, 5.41) is 0. The van der Waals surface area contributed by atoms with Gasteiger partial charge in [0.05, 0.1) is 6.26 Å². The standard InChI is InChI=1S/C15H18F2O2/c1-2-3-9-14(18)10-11-19-12-15(16,17)13-7-5-4-6-8-13/h4-8,10-11H,2-3,9,12H2,1H3. The summed E-state index contributed by atoms with van der Waals surface area (Å²) in [7, 11) is 0. The molecule has 1 rings (SSSR count). The molecular formula is C15H18F2O2. The number of alkyl halides is 2. The second kappa shape index (κ2) is 7.67. The summed E-state index contributed by atoms with van der Waals surface area (Å²) in [4.78, 5) is 11.2. The minimum atomic E-state index is -3.06. The normalized spacial score (nSPS) is 11.7. The zero-order valence-corrected chi connectivity index (χ0v) is 10.9. The zero-order chi connectivity index (χ0) is 14.1. The molecular weight excluding hydrogens is 250 g/mol. The highest BCUT2D eigenvalue weighted by Gasteiger charge is 2.31. The average Bonchev–Trinajstić information content (AvgIpc) is 2.42. The molecule has 0 bridgehead atoms. The molecule has 0 saturated carbocycles. The summed E-state index contributed by atoms with van der Waals surface area (Å²) in [6, 6.07) is 7.46. The Labute approximate surface area is 112 Å². The van der Waals surface area contributed by atoms with E-state index in [4.69, 9.17) is 4.74 Å². The molecule has 0 heterocycles. The summed E-state index contributed by atoms with van der Waals surface area (Å²) < 4.78 is 32.0. The topological polar surface area (TPSA) is 26.3 Å². The number of hydrogen-bond acceptors (Lipinski definition) is 2. The predicted molar refractivity (Wildman–Crippen MR) is 70.0 cm³/mol. The highest BCUT2D eigenvalue weighted by atomic mass is 19.3. The van der Waals surface area contributed by atoms with Crippen LogP contribution in [0.5, 0.6) is 0 Å². The quantitative estimate of drug-likeness (QED) is 0.525. The van der Waals surface area contributed by atoms with Gasteiger partial charge in [0, 0.05) is 18.1 Å².